The summed E-state index contributed by atoms with van der Waals surface area (Å²) in [5, 5.41) is 22.0. The van der Waals surface area contributed by atoms with Crippen LogP contribution >= 0.6 is 0 Å². The number of azo groups is 1. The monoisotopic (exact) mass is 269 g/mol. The highest BCUT2D eigenvalue weighted by Gasteiger charge is 2.10. The Bertz CT molecular complexity index is 640. The highest BCUT2D eigenvalue weighted by molar-refractivity contribution is 5.60. The molecular formula is C13H11N5O2. The van der Waals surface area contributed by atoms with Gasteiger partial charge in [-0.1, -0.05) is 30.3 Å². The number of anilines is 1. The summed E-state index contributed by atoms with van der Waals surface area (Å²) in [4.78, 5) is 10.2. The molecule has 0 bridgehead atoms. The molecule has 7 nitrogen and oxygen atoms in total. The standard InChI is InChI=1S/C13H11N5O2/c19-18(20)13-9-5-4-8-12(13)17-15-10-14-16-11-6-2-1-3-7-11/h1-10,16H/b14-10+,17-15?. The van der Waals surface area contributed by atoms with Crippen LogP contribution in [0.5, 0.6) is 0 Å². The second-order valence-corrected chi connectivity index (χ2v) is 3.68. The maximum absolute atomic E-state index is 10.8. The largest absolute Gasteiger partial charge is 0.296 e. The summed E-state index contributed by atoms with van der Waals surface area (Å²) >= 11 is 0. The molecule has 2 aromatic carbocycles. The lowest BCUT2D eigenvalue weighted by Gasteiger charge is -1.96. The van der Waals surface area contributed by atoms with Gasteiger partial charge in [-0.3, -0.25) is 15.5 Å². The number of hydrogen-bond acceptors (Lipinski definition) is 5. The summed E-state index contributed by atoms with van der Waals surface area (Å²) in [7, 11) is 0. The van der Waals surface area contributed by atoms with E-state index in [-0.39, 0.29) is 11.4 Å². The predicted octanol–water partition coefficient (Wildman–Crippen LogP) is 3.73. The molecule has 1 N–H and O–H groups in total. The molecule has 0 atom stereocenters. The summed E-state index contributed by atoms with van der Waals surface area (Å²) in [6.45, 7) is 0. The zero-order valence-electron chi connectivity index (χ0n) is 10.4. The van der Waals surface area contributed by atoms with Crippen LogP contribution in [-0.2, 0) is 0 Å². The van der Waals surface area contributed by atoms with Crippen molar-refractivity contribution in [3.05, 3.63) is 64.7 Å². The van der Waals surface area contributed by atoms with Crippen molar-refractivity contribution in [2.24, 2.45) is 15.3 Å². The number of hydrazone groups is 1. The third-order valence-electron chi connectivity index (χ3n) is 2.32. The third kappa shape index (κ3) is 3.70. The van der Waals surface area contributed by atoms with Crippen molar-refractivity contribution < 1.29 is 4.92 Å². The van der Waals surface area contributed by atoms with E-state index in [0.29, 0.717) is 0 Å². The van der Waals surface area contributed by atoms with Crippen molar-refractivity contribution in [3.63, 3.8) is 0 Å². The van der Waals surface area contributed by atoms with Gasteiger partial charge in [0.15, 0.2) is 12.0 Å². The van der Waals surface area contributed by atoms with Crippen molar-refractivity contribution >= 4 is 23.4 Å². The highest BCUT2D eigenvalue weighted by Crippen LogP contribution is 2.26. The van der Waals surface area contributed by atoms with E-state index in [1.165, 1.54) is 18.5 Å². The second kappa shape index (κ2) is 6.74. The van der Waals surface area contributed by atoms with Gasteiger partial charge in [0.2, 0.25) is 0 Å². The van der Waals surface area contributed by atoms with E-state index >= 15 is 0 Å². The first-order chi connectivity index (χ1) is 9.77. The molecule has 0 saturated heterocycles. The molecule has 0 aromatic heterocycles. The lowest BCUT2D eigenvalue weighted by molar-refractivity contribution is -0.384. The molecule has 0 aliphatic carbocycles. The molecule has 100 valence electrons. The molecule has 2 aromatic rings. The van der Waals surface area contributed by atoms with Crippen LogP contribution in [-0.4, -0.2) is 11.3 Å². The van der Waals surface area contributed by atoms with Crippen LogP contribution in [0.3, 0.4) is 0 Å². The van der Waals surface area contributed by atoms with Gasteiger partial charge in [0.25, 0.3) is 5.69 Å². The minimum absolute atomic E-state index is 0.0966. The molecule has 0 aliphatic rings. The molecule has 0 heterocycles. The minimum atomic E-state index is -0.506. The van der Waals surface area contributed by atoms with Crippen LogP contribution in [0, 0.1) is 10.1 Å². The van der Waals surface area contributed by atoms with Crippen LogP contribution in [0.4, 0.5) is 17.1 Å². The number of para-hydroxylation sites is 2. The molecule has 20 heavy (non-hydrogen) atoms. The Balaban J connectivity index is 1.99. The Morgan fingerprint density at radius 1 is 1.05 bits per heavy atom. The van der Waals surface area contributed by atoms with E-state index in [1.807, 2.05) is 30.3 Å². The average Bonchev–Trinajstić information content (AvgIpc) is 2.48. The number of nitrogens with zero attached hydrogens (tertiary/aromatic N) is 4. The van der Waals surface area contributed by atoms with E-state index in [2.05, 4.69) is 20.8 Å². The van der Waals surface area contributed by atoms with E-state index in [1.54, 1.807) is 12.1 Å². The lowest BCUT2D eigenvalue weighted by atomic mass is 10.3. The Kier molecular flexibility index (Phi) is 4.50. The number of nitro groups is 1. The van der Waals surface area contributed by atoms with E-state index < -0.39 is 4.92 Å². The van der Waals surface area contributed by atoms with Crippen molar-refractivity contribution in [2.75, 3.05) is 5.43 Å². The van der Waals surface area contributed by atoms with Crippen molar-refractivity contribution in [3.8, 4) is 0 Å². The van der Waals surface area contributed by atoms with Gasteiger partial charge < -0.3 is 0 Å². The van der Waals surface area contributed by atoms with E-state index in [0.717, 1.165) is 5.69 Å². The fourth-order valence-electron chi connectivity index (χ4n) is 1.43. The van der Waals surface area contributed by atoms with Crippen LogP contribution in [0.15, 0.2) is 69.9 Å². The van der Waals surface area contributed by atoms with E-state index in [4.69, 9.17) is 0 Å². The van der Waals surface area contributed by atoms with Gasteiger partial charge in [-0.15, -0.1) is 10.2 Å². The summed E-state index contributed by atoms with van der Waals surface area (Å²) in [6, 6.07) is 15.4. The molecule has 0 radical (unpaired) electrons. The summed E-state index contributed by atoms with van der Waals surface area (Å²) in [5.41, 5.74) is 3.65. The highest BCUT2D eigenvalue weighted by atomic mass is 16.6. The zero-order valence-corrected chi connectivity index (χ0v) is 10.4. The SMILES string of the molecule is O=[N+]([O-])c1ccccc1N=N/C=N/Nc1ccccc1. The fourth-order valence-corrected chi connectivity index (χ4v) is 1.43. The Morgan fingerprint density at radius 3 is 2.50 bits per heavy atom. The summed E-state index contributed by atoms with van der Waals surface area (Å²) in [6.07, 6.45) is 1.18. The first-order valence-electron chi connectivity index (χ1n) is 5.74. The molecular weight excluding hydrogens is 258 g/mol. The Morgan fingerprint density at radius 2 is 1.75 bits per heavy atom. The van der Waals surface area contributed by atoms with E-state index in [9.17, 15) is 10.1 Å². The number of hydrogen-bond donors (Lipinski definition) is 1. The van der Waals surface area contributed by atoms with Gasteiger partial charge in [-0.05, 0) is 18.2 Å². The summed E-state index contributed by atoms with van der Waals surface area (Å²) in [5.74, 6) is 0. The third-order valence-corrected chi connectivity index (χ3v) is 2.32. The van der Waals surface area contributed by atoms with Crippen LogP contribution < -0.4 is 5.43 Å². The molecule has 0 saturated carbocycles. The summed E-state index contributed by atoms with van der Waals surface area (Å²) < 4.78 is 0. The lowest BCUT2D eigenvalue weighted by Crippen LogP contribution is -1.88. The quantitative estimate of drug-likeness (QED) is 0.294. The average molecular weight is 269 g/mol. The normalized spacial score (nSPS) is 11.0. The number of benzene rings is 2. The van der Waals surface area contributed by atoms with Crippen molar-refractivity contribution in [1.82, 2.24) is 0 Å². The van der Waals surface area contributed by atoms with Gasteiger partial charge in [0, 0.05) is 6.07 Å². The molecule has 0 spiro atoms. The second-order valence-electron chi connectivity index (χ2n) is 3.68. The van der Waals surface area contributed by atoms with Gasteiger partial charge >= 0.3 is 0 Å². The van der Waals surface area contributed by atoms with Gasteiger partial charge in [-0.2, -0.15) is 5.10 Å². The Hall–Kier alpha value is -3.09. The maximum Gasteiger partial charge on any atom is 0.296 e. The molecule has 2 rings (SSSR count). The Labute approximate surface area is 114 Å². The molecule has 0 amide bonds. The molecule has 0 unspecified atom stereocenters. The number of nitro benzene ring substituents is 1. The molecule has 0 aliphatic heterocycles. The van der Waals surface area contributed by atoms with Gasteiger partial charge in [0.1, 0.15) is 0 Å². The van der Waals surface area contributed by atoms with Crippen molar-refractivity contribution in [1.29, 1.82) is 0 Å². The van der Waals surface area contributed by atoms with Crippen LogP contribution in [0.1, 0.15) is 0 Å². The fraction of sp³-hybridized carbons (Fsp3) is 0. The first-order valence-corrected chi connectivity index (χ1v) is 5.74. The minimum Gasteiger partial charge on any atom is -0.277 e. The number of nitrogens with one attached hydrogen (secondary N) is 1. The molecule has 0 fully saturated rings. The van der Waals surface area contributed by atoms with Gasteiger partial charge in [0.05, 0.1) is 10.6 Å². The van der Waals surface area contributed by atoms with Gasteiger partial charge in [-0.25, -0.2) is 0 Å². The van der Waals surface area contributed by atoms with Crippen LogP contribution in [0.25, 0.3) is 0 Å². The first kappa shape index (κ1) is 13.3. The predicted molar refractivity (Wildman–Crippen MR) is 76.2 cm³/mol. The zero-order chi connectivity index (χ0) is 14.2. The topological polar surface area (TPSA) is 92.2 Å². The smallest absolute Gasteiger partial charge is 0.277 e. The van der Waals surface area contributed by atoms with Crippen molar-refractivity contribution in [2.45, 2.75) is 0 Å². The number of rotatable bonds is 5. The van der Waals surface area contributed by atoms with Crippen LogP contribution in [0.2, 0.25) is 0 Å². The maximum atomic E-state index is 10.8. The molecule has 7 heteroatoms.